The van der Waals surface area contributed by atoms with E-state index in [2.05, 4.69) is 68.3 Å². The number of carbonyl (C=O) groups excluding carboxylic acids is 11. The monoisotopic (exact) mass is 1210 g/mol. The molecule has 0 unspecified atom stereocenters. The highest BCUT2D eigenvalue weighted by molar-refractivity contribution is 5.99. The van der Waals surface area contributed by atoms with Gasteiger partial charge in [-0.05, 0) is 60.9 Å². The van der Waals surface area contributed by atoms with E-state index in [-0.39, 0.29) is 69.9 Å². The number of aliphatic hydroxyl groups excluding tert-OH is 2. The molecule has 30 heteroatoms. The molecule has 3 heterocycles. The molecule has 1 saturated heterocycles. The fourth-order valence-corrected chi connectivity index (χ4v) is 9.63. The number of pyridine rings is 1. The quantitative estimate of drug-likeness (QED) is 0.0103. The van der Waals surface area contributed by atoms with Crippen LogP contribution in [0.15, 0.2) is 90.3 Å². The molecule has 4 aromatic rings. The van der Waals surface area contributed by atoms with Gasteiger partial charge < -0.3 is 79.8 Å². The second-order valence-corrected chi connectivity index (χ2v) is 21.5. The number of nitrogens with one attached hydrogen (secondary N) is 11. The zero-order chi connectivity index (χ0) is 63.9. The van der Waals surface area contributed by atoms with E-state index in [0.717, 1.165) is 22.7 Å². The molecule has 10 atom stereocenters. The number of β-amino-alcohol motifs (C(OH)–C–C–N with tert-alkyl or cyclic N) is 1. The smallest absolute Gasteiger partial charge is 0.334 e. The number of hydrogen-bond donors (Lipinski definition) is 16. The summed E-state index contributed by atoms with van der Waals surface area (Å²) in [5, 5.41) is 42.8. The van der Waals surface area contributed by atoms with Gasteiger partial charge in [0.05, 0.1) is 18.6 Å². The average molecular weight is 1210 g/mol. The number of hydrazine groups is 1. The number of nitrogens with zero attached hydrogens (tertiary/aromatic N) is 3. The Morgan fingerprint density at radius 2 is 1.34 bits per heavy atom. The number of hydrogen-bond acceptors (Lipinski definition) is 15. The molecule has 1 aliphatic heterocycles. The van der Waals surface area contributed by atoms with Gasteiger partial charge in [0, 0.05) is 82.2 Å². The maximum atomic E-state index is 14.1. The van der Waals surface area contributed by atoms with Gasteiger partial charge in [0.1, 0.15) is 48.3 Å². The number of carbonyl (C=O) groups is 11. The van der Waals surface area contributed by atoms with Crippen LogP contribution in [0.3, 0.4) is 0 Å². The zero-order valence-corrected chi connectivity index (χ0v) is 49.0. The molecule has 0 radical (unpaired) electrons. The molecule has 5 rings (SSSR count). The number of nitrogens with two attached hydrogens (primary N) is 3. The first-order valence-electron chi connectivity index (χ1n) is 28.2. The zero-order valence-electron chi connectivity index (χ0n) is 49.0. The van der Waals surface area contributed by atoms with Crippen LogP contribution in [0.1, 0.15) is 76.5 Å². The summed E-state index contributed by atoms with van der Waals surface area (Å²) in [6.07, 6.45) is 0.684. The van der Waals surface area contributed by atoms with Crippen molar-refractivity contribution < 1.29 is 63.0 Å². The number of amides is 12. The van der Waals surface area contributed by atoms with Crippen molar-refractivity contribution in [2.75, 3.05) is 20.1 Å². The van der Waals surface area contributed by atoms with Crippen molar-refractivity contribution in [3.63, 3.8) is 0 Å². The average Bonchev–Trinajstić information content (AvgIpc) is 2.95. The van der Waals surface area contributed by atoms with Gasteiger partial charge in [-0.3, -0.25) is 63.3 Å². The Bertz CT molecular complexity index is 3090. The molecule has 19 N–H and O–H groups in total. The summed E-state index contributed by atoms with van der Waals surface area (Å²) >= 11 is 0. The second-order valence-electron chi connectivity index (χ2n) is 21.5. The predicted molar refractivity (Wildman–Crippen MR) is 316 cm³/mol. The third-order valence-electron chi connectivity index (χ3n) is 14.0. The van der Waals surface area contributed by atoms with Crippen molar-refractivity contribution in [1.82, 2.24) is 68.3 Å². The standard InChI is InChI=1S/C57H79N17O13/c1-30(2)21-41(50(81)66-39(18-12-20-63-56(60)61-5)49(80)67-40(48(59)79)24-35-28-64-38-17-10-9-16-37(35)38)70-57(87)73-72-52(83)42(22-33-13-7-6-8-14-33)69-54(85)47(31(3)75)71-51(82)43(26-46(58)78)68-53(84)45-25-36(77)29-74(45)55(86)44(65-32(4)76)23-34-15-11-19-62-27-34/h6-11,13-17,19,27-28,30-31,36,39-45,47,64,75,77H,12,18,20-26,29H2,1-5H3,(H2,58,78)(H2,59,79)(H,65,76)(H,66,81)(H,67,80)(H,68,84)(H,69,85)(H,71,82)(H,72,83)(H3,60,61,63)(H2,70,73,87)/t31-,36-,39+,40+,41+,42+,43+,44+,45+,47+/m1/s1. The van der Waals surface area contributed by atoms with Crippen LogP contribution >= 0.6 is 0 Å². The lowest BCUT2D eigenvalue weighted by Crippen LogP contribution is -2.62. The van der Waals surface area contributed by atoms with Crippen LogP contribution in [0, 0.1) is 5.92 Å². The number of guanidine groups is 1. The molecule has 2 aromatic heterocycles. The fraction of sp³-hybridized carbons (Fsp3) is 0.456. The minimum absolute atomic E-state index is 0.0157. The maximum Gasteiger partial charge on any atom is 0.334 e. The maximum absolute atomic E-state index is 14.1. The number of aliphatic imine (C=N–C) groups is 1. The Kier molecular flexibility index (Phi) is 25.9. The van der Waals surface area contributed by atoms with Crippen LogP contribution in [-0.2, 0) is 67.2 Å². The Morgan fingerprint density at radius 1 is 0.701 bits per heavy atom. The van der Waals surface area contributed by atoms with Crippen molar-refractivity contribution in [3.8, 4) is 0 Å². The minimum Gasteiger partial charge on any atom is -0.391 e. The van der Waals surface area contributed by atoms with Gasteiger partial charge in [-0.2, -0.15) is 0 Å². The third-order valence-corrected chi connectivity index (χ3v) is 14.0. The number of primary amides is 2. The topological polar surface area (TPSA) is 471 Å². The Hall–Kier alpha value is -9.71. The van der Waals surface area contributed by atoms with Gasteiger partial charge in [-0.25, -0.2) is 10.2 Å². The lowest BCUT2D eigenvalue weighted by Gasteiger charge is -2.30. The first-order valence-corrected chi connectivity index (χ1v) is 28.2. The number of benzene rings is 2. The summed E-state index contributed by atoms with van der Waals surface area (Å²) in [6, 6.07) is 6.10. The molecular weight excluding hydrogens is 1130 g/mol. The molecule has 470 valence electrons. The minimum atomic E-state index is -1.88. The van der Waals surface area contributed by atoms with Crippen LogP contribution in [0.2, 0.25) is 0 Å². The van der Waals surface area contributed by atoms with E-state index in [1.54, 1.807) is 62.5 Å². The number of aromatic amines is 1. The summed E-state index contributed by atoms with van der Waals surface area (Å²) in [7, 11) is 1.48. The highest BCUT2D eigenvalue weighted by Gasteiger charge is 2.43. The number of H-pyrrole nitrogens is 1. The van der Waals surface area contributed by atoms with Crippen molar-refractivity contribution >= 4 is 82.0 Å². The Labute approximate surface area is 501 Å². The van der Waals surface area contributed by atoms with Crippen LogP contribution in [0.25, 0.3) is 10.9 Å². The molecule has 30 nitrogen and oxygen atoms in total. The van der Waals surface area contributed by atoms with E-state index in [1.807, 2.05) is 24.3 Å². The largest absolute Gasteiger partial charge is 0.391 e. The number of likely N-dealkylation sites (tertiary alicyclic amines) is 1. The summed E-state index contributed by atoms with van der Waals surface area (Å²) < 4.78 is 0. The van der Waals surface area contributed by atoms with Crippen LogP contribution in [-0.4, -0.2) is 177 Å². The summed E-state index contributed by atoms with van der Waals surface area (Å²) in [5.74, 6) is -9.28. The molecule has 87 heavy (non-hydrogen) atoms. The van der Waals surface area contributed by atoms with Gasteiger partial charge in [0.25, 0.3) is 5.91 Å². The van der Waals surface area contributed by atoms with Gasteiger partial charge in [-0.1, -0.05) is 68.4 Å². The molecule has 1 fully saturated rings. The van der Waals surface area contributed by atoms with Crippen LogP contribution in [0.5, 0.6) is 0 Å². The fourth-order valence-electron chi connectivity index (χ4n) is 9.63. The number of rotatable bonds is 30. The van der Waals surface area contributed by atoms with Crippen molar-refractivity contribution in [2.45, 2.75) is 140 Å². The Balaban J connectivity index is 1.27. The predicted octanol–water partition coefficient (Wildman–Crippen LogP) is -3.72. The number of aromatic nitrogens is 2. The number of fused-ring (bicyclic) bond motifs is 1. The van der Waals surface area contributed by atoms with Crippen LogP contribution < -0.4 is 70.6 Å². The summed E-state index contributed by atoms with van der Waals surface area (Å²) in [4.78, 5) is 161. The van der Waals surface area contributed by atoms with Crippen molar-refractivity contribution in [3.05, 3.63) is 102 Å². The molecule has 0 spiro atoms. The molecule has 0 aliphatic carbocycles. The normalized spacial score (nSPS) is 16.7. The van der Waals surface area contributed by atoms with E-state index in [1.165, 1.54) is 26.4 Å². The van der Waals surface area contributed by atoms with E-state index in [9.17, 15) is 63.0 Å². The van der Waals surface area contributed by atoms with Crippen molar-refractivity contribution in [1.29, 1.82) is 0 Å². The first kappa shape index (κ1) is 68.1. The van der Waals surface area contributed by atoms with Gasteiger partial charge in [-0.15, -0.1) is 0 Å². The third kappa shape index (κ3) is 21.4. The molecule has 12 amide bonds. The number of para-hydroxylation sites is 1. The lowest BCUT2D eigenvalue weighted by atomic mass is 10.0. The number of aliphatic hydroxyl groups is 2. The van der Waals surface area contributed by atoms with Gasteiger partial charge in [0.2, 0.25) is 53.2 Å². The molecular formula is C57H79N17O13. The number of urea groups is 1. The van der Waals surface area contributed by atoms with Crippen molar-refractivity contribution in [2.24, 2.45) is 28.1 Å². The van der Waals surface area contributed by atoms with Crippen LogP contribution in [0.4, 0.5) is 4.79 Å². The SMILES string of the molecule is CN=C(N)NCCC[C@H](NC(=O)[C@H](CC(C)C)NC(=O)NNC(=O)[C@H](Cc1ccccc1)NC(=O)[C@@H](NC(=O)[C@H](CC(N)=O)NC(=O)[C@@H]1C[C@@H](O)CN1C(=O)[C@H](Cc1cccnc1)NC(C)=O)[C@@H](C)O)C(=O)N[C@@H](Cc1c[nH]c2ccccc12)C(N)=O. The van der Waals surface area contributed by atoms with E-state index < -0.39 is 132 Å². The Morgan fingerprint density at radius 3 is 1.99 bits per heavy atom. The van der Waals surface area contributed by atoms with E-state index >= 15 is 0 Å². The van der Waals surface area contributed by atoms with E-state index in [4.69, 9.17) is 17.2 Å². The van der Waals surface area contributed by atoms with Gasteiger partial charge >= 0.3 is 6.03 Å². The first-order chi connectivity index (χ1) is 41.3. The molecule has 1 aliphatic rings. The highest BCUT2D eigenvalue weighted by atomic mass is 16.3. The second kappa shape index (κ2) is 33.1. The van der Waals surface area contributed by atoms with E-state index in [0.29, 0.717) is 16.7 Å². The highest BCUT2D eigenvalue weighted by Crippen LogP contribution is 2.22. The molecule has 2 aromatic carbocycles. The van der Waals surface area contributed by atoms with Gasteiger partial charge in [0.15, 0.2) is 5.96 Å². The summed E-state index contributed by atoms with van der Waals surface area (Å²) in [5.41, 5.74) is 24.0. The summed E-state index contributed by atoms with van der Waals surface area (Å²) in [6.45, 7) is 5.76. The lowest BCUT2D eigenvalue weighted by molar-refractivity contribution is -0.142. The molecule has 0 bridgehead atoms. The molecule has 0 saturated carbocycles.